The van der Waals surface area contributed by atoms with E-state index in [1.807, 2.05) is 31.3 Å². The van der Waals surface area contributed by atoms with Crippen LogP contribution in [0.4, 0.5) is 5.82 Å². The minimum Gasteiger partial charge on any atom is -0.374 e. The van der Waals surface area contributed by atoms with Crippen LogP contribution in [0.1, 0.15) is 18.5 Å². The molecule has 2 atom stereocenters. The van der Waals surface area contributed by atoms with Crippen LogP contribution in [0.15, 0.2) is 18.3 Å². The number of ether oxygens (including phenoxy) is 1. The Bertz CT molecular complexity index is 409. The molecular formula is C14H25N5O. The largest absolute Gasteiger partial charge is 0.374 e. The first-order chi connectivity index (χ1) is 9.65. The van der Waals surface area contributed by atoms with Gasteiger partial charge in [-0.1, -0.05) is 13.0 Å². The third-order valence-corrected chi connectivity index (χ3v) is 3.76. The minimum atomic E-state index is -0.0342. The highest BCUT2D eigenvalue weighted by Gasteiger charge is 2.28. The molecule has 0 amide bonds. The summed E-state index contributed by atoms with van der Waals surface area (Å²) >= 11 is 0. The number of nitrogens with two attached hydrogens (primary N) is 1. The van der Waals surface area contributed by atoms with Gasteiger partial charge in [0.1, 0.15) is 5.82 Å². The second-order valence-electron chi connectivity index (χ2n) is 5.29. The molecule has 0 radical (unpaired) electrons. The molecule has 6 heteroatoms. The van der Waals surface area contributed by atoms with Gasteiger partial charge in [0.25, 0.3) is 0 Å². The monoisotopic (exact) mass is 279 g/mol. The number of pyridine rings is 1. The average molecular weight is 279 g/mol. The molecule has 0 aromatic carbocycles. The fraction of sp³-hybridized carbons (Fsp3) is 0.643. The molecule has 2 rings (SSSR count). The fourth-order valence-electron chi connectivity index (χ4n) is 2.48. The van der Waals surface area contributed by atoms with E-state index in [0.717, 1.165) is 37.6 Å². The van der Waals surface area contributed by atoms with Crippen LogP contribution in [0.25, 0.3) is 0 Å². The first-order valence-electron chi connectivity index (χ1n) is 7.09. The first kappa shape index (κ1) is 15.2. The highest BCUT2D eigenvalue weighted by atomic mass is 16.5. The summed E-state index contributed by atoms with van der Waals surface area (Å²) in [5.41, 5.74) is 3.93. The third-order valence-electron chi connectivity index (χ3n) is 3.76. The molecule has 2 heterocycles. The lowest BCUT2D eigenvalue weighted by Crippen LogP contribution is -2.49. The van der Waals surface area contributed by atoms with Gasteiger partial charge in [-0.25, -0.2) is 4.98 Å². The van der Waals surface area contributed by atoms with Gasteiger partial charge in [-0.2, -0.15) is 0 Å². The average Bonchev–Trinajstić information content (AvgIpc) is 2.49. The maximum atomic E-state index is 5.87. The molecule has 0 bridgehead atoms. The Hall–Kier alpha value is -1.21. The van der Waals surface area contributed by atoms with Gasteiger partial charge < -0.3 is 9.64 Å². The fourth-order valence-corrected chi connectivity index (χ4v) is 2.48. The standard InChI is InChI=1S/C14H25N5O/c1-4-19-7-8-20-12(10-19)14(17-15)11-5-6-13(16-9-11)18(2)3/h5-6,9,12,14,17H,4,7-8,10,15H2,1-3H3. The molecule has 1 aliphatic heterocycles. The van der Waals surface area contributed by atoms with Gasteiger partial charge in [0.05, 0.1) is 18.8 Å². The summed E-state index contributed by atoms with van der Waals surface area (Å²) in [4.78, 5) is 8.79. The predicted molar refractivity (Wildman–Crippen MR) is 80.5 cm³/mol. The Morgan fingerprint density at radius 1 is 1.55 bits per heavy atom. The molecule has 1 aromatic heterocycles. The van der Waals surface area contributed by atoms with Crippen molar-refractivity contribution in [3.05, 3.63) is 23.9 Å². The smallest absolute Gasteiger partial charge is 0.127 e. The number of morpholine rings is 1. The second kappa shape index (κ2) is 6.99. The first-order valence-corrected chi connectivity index (χ1v) is 7.09. The zero-order valence-corrected chi connectivity index (χ0v) is 12.5. The molecule has 112 valence electrons. The van der Waals surface area contributed by atoms with Crippen molar-refractivity contribution >= 4 is 5.82 Å². The Morgan fingerprint density at radius 2 is 2.35 bits per heavy atom. The summed E-state index contributed by atoms with van der Waals surface area (Å²) in [5, 5.41) is 0. The molecule has 2 unspecified atom stereocenters. The summed E-state index contributed by atoms with van der Waals surface area (Å²) in [5.74, 6) is 6.67. The zero-order valence-electron chi connectivity index (χ0n) is 12.5. The van der Waals surface area contributed by atoms with Crippen LogP contribution in [0.2, 0.25) is 0 Å². The van der Waals surface area contributed by atoms with E-state index in [2.05, 4.69) is 28.3 Å². The summed E-state index contributed by atoms with van der Waals surface area (Å²) in [6.45, 7) is 5.83. The van der Waals surface area contributed by atoms with Crippen LogP contribution < -0.4 is 16.2 Å². The molecule has 3 N–H and O–H groups in total. The molecular weight excluding hydrogens is 254 g/mol. The number of hydrogen-bond acceptors (Lipinski definition) is 6. The highest BCUT2D eigenvalue weighted by molar-refractivity contribution is 5.38. The lowest BCUT2D eigenvalue weighted by Gasteiger charge is -2.36. The molecule has 0 aliphatic carbocycles. The van der Waals surface area contributed by atoms with E-state index >= 15 is 0 Å². The van der Waals surface area contributed by atoms with Gasteiger partial charge in [-0.15, -0.1) is 0 Å². The molecule has 1 saturated heterocycles. The quantitative estimate of drug-likeness (QED) is 0.600. The summed E-state index contributed by atoms with van der Waals surface area (Å²) in [6.07, 6.45) is 1.93. The van der Waals surface area contributed by atoms with Crippen LogP contribution in [0.5, 0.6) is 0 Å². The second-order valence-corrected chi connectivity index (χ2v) is 5.29. The Kier molecular flexibility index (Phi) is 5.31. The van der Waals surface area contributed by atoms with Gasteiger partial charge in [0, 0.05) is 33.4 Å². The minimum absolute atomic E-state index is 0.0342. The van der Waals surface area contributed by atoms with Crippen molar-refractivity contribution < 1.29 is 4.74 Å². The highest BCUT2D eigenvalue weighted by Crippen LogP contribution is 2.22. The molecule has 1 fully saturated rings. The van der Waals surface area contributed by atoms with Gasteiger partial charge in [0.2, 0.25) is 0 Å². The maximum absolute atomic E-state index is 5.87. The number of likely N-dealkylation sites (N-methyl/N-ethyl adjacent to an activating group) is 1. The van der Waals surface area contributed by atoms with E-state index in [0.29, 0.717) is 0 Å². The normalized spacial score (nSPS) is 21.7. The number of hydrazine groups is 1. The van der Waals surface area contributed by atoms with Crippen LogP contribution in [-0.4, -0.2) is 56.3 Å². The van der Waals surface area contributed by atoms with Crippen molar-refractivity contribution in [3.63, 3.8) is 0 Å². The number of aromatic nitrogens is 1. The molecule has 1 aliphatic rings. The zero-order chi connectivity index (χ0) is 14.5. The molecule has 0 saturated carbocycles. The van der Waals surface area contributed by atoms with Crippen LogP contribution in [0, 0.1) is 0 Å². The van der Waals surface area contributed by atoms with Crippen molar-refractivity contribution in [1.29, 1.82) is 0 Å². The number of rotatable bonds is 5. The van der Waals surface area contributed by atoms with Gasteiger partial charge in [-0.05, 0) is 18.2 Å². The molecule has 20 heavy (non-hydrogen) atoms. The van der Waals surface area contributed by atoms with E-state index in [-0.39, 0.29) is 12.1 Å². The Morgan fingerprint density at radius 3 is 2.90 bits per heavy atom. The third kappa shape index (κ3) is 3.46. The molecule has 0 spiro atoms. The van der Waals surface area contributed by atoms with Gasteiger partial charge in [0.15, 0.2) is 0 Å². The maximum Gasteiger partial charge on any atom is 0.127 e. The summed E-state index contributed by atoms with van der Waals surface area (Å²) in [6, 6.07) is 4.02. The molecule has 1 aromatic rings. The van der Waals surface area contributed by atoms with Crippen molar-refractivity contribution in [3.8, 4) is 0 Å². The Balaban J connectivity index is 2.10. The summed E-state index contributed by atoms with van der Waals surface area (Å²) in [7, 11) is 3.95. The van der Waals surface area contributed by atoms with Crippen molar-refractivity contribution in [2.45, 2.75) is 19.1 Å². The van der Waals surface area contributed by atoms with Crippen LogP contribution >= 0.6 is 0 Å². The topological polar surface area (TPSA) is 66.7 Å². The van der Waals surface area contributed by atoms with Gasteiger partial charge >= 0.3 is 0 Å². The number of nitrogens with zero attached hydrogens (tertiary/aromatic N) is 3. The van der Waals surface area contributed by atoms with Crippen LogP contribution in [0.3, 0.4) is 0 Å². The SMILES string of the molecule is CCN1CCOC(C(NN)c2ccc(N(C)C)nc2)C1. The predicted octanol–water partition coefficient (Wildman–Crippen LogP) is 0.373. The van der Waals surface area contributed by atoms with E-state index in [1.54, 1.807) is 0 Å². The van der Waals surface area contributed by atoms with E-state index in [9.17, 15) is 0 Å². The van der Waals surface area contributed by atoms with Gasteiger partial charge in [-0.3, -0.25) is 16.2 Å². The van der Waals surface area contributed by atoms with E-state index in [4.69, 9.17) is 10.6 Å². The summed E-state index contributed by atoms with van der Waals surface area (Å²) < 4.78 is 5.87. The molecule has 6 nitrogen and oxygen atoms in total. The number of hydrogen-bond donors (Lipinski definition) is 2. The van der Waals surface area contributed by atoms with Crippen molar-refractivity contribution in [2.24, 2.45) is 5.84 Å². The number of nitrogens with one attached hydrogen (secondary N) is 1. The number of anilines is 1. The lowest BCUT2D eigenvalue weighted by molar-refractivity contribution is -0.0457. The van der Waals surface area contributed by atoms with Crippen LogP contribution in [-0.2, 0) is 4.74 Å². The van der Waals surface area contributed by atoms with E-state index < -0.39 is 0 Å². The van der Waals surface area contributed by atoms with Crippen molar-refractivity contribution in [2.75, 3.05) is 45.2 Å². The van der Waals surface area contributed by atoms with E-state index in [1.165, 1.54) is 0 Å². The lowest BCUT2D eigenvalue weighted by atomic mass is 10.0. The van der Waals surface area contributed by atoms with Crippen molar-refractivity contribution in [1.82, 2.24) is 15.3 Å². The Labute approximate surface area is 120 Å².